The molecular weight excluding hydrogens is 267 g/mol. The van der Waals surface area contributed by atoms with Gasteiger partial charge in [0.05, 0.1) is 6.42 Å². The smallest absolute Gasteiger partial charge is 0.307 e. The van der Waals surface area contributed by atoms with E-state index < -0.39 is 5.97 Å². The highest BCUT2D eigenvalue weighted by Crippen LogP contribution is 2.21. The third-order valence-corrected chi connectivity index (χ3v) is 3.74. The number of halogens is 1. The summed E-state index contributed by atoms with van der Waals surface area (Å²) in [4.78, 5) is 10.9. The lowest BCUT2D eigenvalue weighted by Crippen LogP contribution is -2.06. The fourth-order valence-electron chi connectivity index (χ4n) is 2.58. The molecule has 0 aliphatic heterocycles. The van der Waals surface area contributed by atoms with Gasteiger partial charge in [0.1, 0.15) is 5.82 Å². The molecule has 0 amide bonds. The third-order valence-electron chi connectivity index (χ3n) is 3.74. The molecule has 1 aromatic rings. The van der Waals surface area contributed by atoms with Crippen LogP contribution in [0.3, 0.4) is 0 Å². The monoisotopic (exact) mass is 294 g/mol. The fourth-order valence-corrected chi connectivity index (χ4v) is 2.58. The van der Waals surface area contributed by atoms with Gasteiger partial charge in [-0.3, -0.25) is 4.79 Å². The van der Waals surface area contributed by atoms with Crippen LogP contribution >= 0.6 is 0 Å². The van der Waals surface area contributed by atoms with E-state index >= 15 is 0 Å². The van der Waals surface area contributed by atoms with Crippen LogP contribution in [0.5, 0.6) is 0 Å². The van der Waals surface area contributed by atoms with Gasteiger partial charge in [0.15, 0.2) is 0 Å². The van der Waals surface area contributed by atoms with Crippen molar-refractivity contribution in [2.24, 2.45) is 0 Å². The van der Waals surface area contributed by atoms with Gasteiger partial charge >= 0.3 is 5.97 Å². The molecule has 1 rings (SSSR count). The SMILES string of the molecule is CCCCCc1cc(CCCCC)c(F)c(CC(=O)O)c1. The topological polar surface area (TPSA) is 37.3 Å². The maximum Gasteiger partial charge on any atom is 0.307 e. The molecule has 2 nitrogen and oxygen atoms in total. The molecule has 0 unspecified atom stereocenters. The van der Waals surface area contributed by atoms with Gasteiger partial charge in [-0.05, 0) is 42.4 Å². The molecule has 3 heteroatoms. The first-order chi connectivity index (χ1) is 10.1. The van der Waals surface area contributed by atoms with Crippen molar-refractivity contribution in [1.82, 2.24) is 0 Å². The maximum atomic E-state index is 14.4. The second-order valence-electron chi connectivity index (χ2n) is 5.71. The predicted molar refractivity (Wildman–Crippen MR) is 84.2 cm³/mol. The van der Waals surface area contributed by atoms with Gasteiger partial charge in [0, 0.05) is 0 Å². The van der Waals surface area contributed by atoms with Gasteiger partial charge < -0.3 is 5.11 Å². The Labute approximate surface area is 127 Å². The number of aliphatic carboxylic acids is 1. The van der Waals surface area contributed by atoms with Crippen molar-refractivity contribution in [2.75, 3.05) is 0 Å². The zero-order valence-corrected chi connectivity index (χ0v) is 13.3. The first-order valence-corrected chi connectivity index (χ1v) is 8.10. The van der Waals surface area contributed by atoms with E-state index in [4.69, 9.17) is 5.11 Å². The summed E-state index contributed by atoms with van der Waals surface area (Å²) in [6, 6.07) is 3.68. The second-order valence-corrected chi connectivity index (χ2v) is 5.71. The molecule has 1 aromatic carbocycles. The van der Waals surface area contributed by atoms with Crippen LogP contribution in [-0.4, -0.2) is 11.1 Å². The van der Waals surface area contributed by atoms with Crippen LogP contribution in [0.2, 0.25) is 0 Å². The summed E-state index contributed by atoms with van der Waals surface area (Å²) < 4.78 is 14.4. The molecule has 0 atom stereocenters. The Bertz CT molecular complexity index is 455. The molecule has 1 N–H and O–H groups in total. The summed E-state index contributed by atoms with van der Waals surface area (Å²) >= 11 is 0. The molecule has 0 bridgehead atoms. The van der Waals surface area contributed by atoms with Crippen molar-refractivity contribution in [1.29, 1.82) is 0 Å². The van der Waals surface area contributed by atoms with E-state index in [1.807, 2.05) is 6.07 Å². The average molecular weight is 294 g/mol. The zero-order chi connectivity index (χ0) is 15.7. The molecule has 21 heavy (non-hydrogen) atoms. The van der Waals surface area contributed by atoms with Gasteiger partial charge in [-0.25, -0.2) is 4.39 Å². The highest BCUT2D eigenvalue weighted by Gasteiger charge is 2.13. The minimum Gasteiger partial charge on any atom is -0.481 e. The lowest BCUT2D eigenvalue weighted by molar-refractivity contribution is -0.136. The van der Waals surface area contributed by atoms with Gasteiger partial charge in [-0.1, -0.05) is 51.7 Å². The summed E-state index contributed by atoms with van der Waals surface area (Å²) in [5.74, 6) is -1.29. The molecule has 0 fully saturated rings. The van der Waals surface area contributed by atoms with Crippen LogP contribution in [0.15, 0.2) is 12.1 Å². The quantitative estimate of drug-likeness (QED) is 0.622. The summed E-state index contributed by atoms with van der Waals surface area (Å²) in [6.45, 7) is 4.27. The van der Waals surface area contributed by atoms with Crippen LogP contribution < -0.4 is 0 Å². The minimum absolute atomic E-state index is 0.228. The number of unbranched alkanes of at least 4 members (excludes halogenated alkanes) is 4. The Morgan fingerprint density at radius 2 is 1.57 bits per heavy atom. The Hall–Kier alpha value is -1.38. The molecule has 0 saturated heterocycles. The molecule has 0 aliphatic carbocycles. The van der Waals surface area contributed by atoms with Crippen LogP contribution in [0, 0.1) is 5.82 Å². The molecule has 0 aromatic heterocycles. The van der Waals surface area contributed by atoms with Crippen molar-refractivity contribution < 1.29 is 14.3 Å². The second kappa shape index (κ2) is 9.54. The summed E-state index contributed by atoms with van der Waals surface area (Å²) in [5, 5.41) is 8.93. The van der Waals surface area contributed by atoms with Crippen molar-refractivity contribution in [3.63, 3.8) is 0 Å². The Balaban J connectivity index is 2.91. The molecular formula is C18H27FO2. The van der Waals surface area contributed by atoms with Crippen molar-refractivity contribution in [3.05, 3.63) is 34.6 Å². The average Bonchev–Trinajstić information content (AvgIpc) is 2.43. The van der Waals surface area contributed by atoms with Crippen LogP contribution in [0.1, 0.15) is 69.1 Å². The number of hydrogen-bond acceptors (Lipinski definition) is 1. The van der Waals surface area contributed by atoms with Gasteiger partial charge in [0.2, 0.25) is 0 Å². The summed E-state index contributed by atoms with van der Waals surface area (Å²) in [6.07, 6.45) is 7.88. The number of aryl methyl sites for hydroxylation is 2. The van der Waals surface area contributed by atoms with E-state index in [9.17, 15) is 9.18 Å². The maximum absolute atomic E-state index is 14.4. The van der Waals surface area contributed by atoms with Crippen LogP contribution in [-0.2, 0) is 24.1 Å². The highest BCUT2D eigenvalue weighted by atomic mass is 19.1. The first kappa shape index (κ1) is 17.7. The largest absolute Gasteiger partial charge is 0.481 e. The van der Waals surface area contributed by atoms with Crippen LogP contribution in [0.4, 0.5) is 4.39 Å². The van der Waals surface area contributed by atoms with Crippen molar-refractivity contribution in [3.8, 4) is 0 Å². The predicted octanol–water partition coefficient (Wildman–Crippen LogP) is 4.92. The van der Waals surface area contributed by atoms with E-state index in [1.54, 1.807) is 6.07 Å². The fraction of sp³-hybridized carbons (Fsp3) is 0.611. The number of benzene rings is 1. The van der Waals surface area contributed by atoms with E-state index in [1.165, 1.54) is 0 Å². The third kappa shape index (κ3) is 6.28. The molecule has 118 valence electrons. The molecule has 0 spiro atoms. The zero-order valence-electron chi connectivity index (χ0n) is 13.3. The summed E-state index contributed by atoms with van der Waals surface area (Å²) in [5.41, 5.74) is 2.10. The number of carboxylic acids is 1. The Morgan fingerprint density at radius 3 is 2.14 bits per heavy atom. The minimum atomic E-state index is -0.973. The standard InChI is InChI=1S/C18H27FO2/c1-3-5-7-9-14-11-15(10-8-6-4-2)18(19)16(12-14)13-17(20)21/h11-12H,3-10,13H2,1-2H3,(H,20,21). The molecule has 0 aliphatic rings. The lowest BCUT2D eigenvalue weighted by atomic mass is 9.96. The highest BCUT2D eigenvalue weighted by molar-refractivity contribution is 5.70. The van der Waals surface area contributed by atoms with E-state index in [2.05, 4.69) is 13.8 Å². The number of rotatable bonds is 10. The lowest BCUT2D eigenvalue weighted by Gasteiger charge is -2.11. The van der Waals surface area contributed by atoms with Gasteiger partial charge in [-0.15, -0.1) is 0 Å². The Morgan fingerprint density at radius 1 is 1.00 bits per heavy atom. The van der Waals surface area contributed by atoms with Crippen molar-refractivity contribution in [2.45, 2.75) is 71.6 Å². The molecule has 0 saturated carbocycles. The van der Waals surface area contributed by atoms with Crippen LogP contribution in [0.25, 0.3) is 0 Å². The molecule has 0 heterocycles. The normalized spacial score (nSPS) is 10.8. The Kier molecular flexibility index (Phi) is 8.03. The number of carboxylic acid groups (broad SMARTS) is 1. The summed E-state index contributed by atoms with van der Waals surface area (Å²) in [7, 11) is 0. The first-order valence-electron chi connectivity index (χ1n) is 8.10. The number of carbonyl (C=O) groups is 1. The van der Waals surface area contributed by atoms with Crippen molar-refractivity contribution >= 4 is 5.97 Å². The molecule has 0 radical (unpaired) electrons. The van der Waals surface area contributed by atoms with E-state index in [0.29, 0.717) is 17.5 Å². The van der Waals surface area contributed by atoms with E-state index in [0.717, 1.165) is 50.5 Å². The van der Waals surface area contributed by atoms with Gasteiger partial charge in [-0.2, -0.15) is 0 Å². The number of hydrogen-bond donors (Lipinski definition) is 1. The van der Waals surface area contributed by atoms with E-state index in [-0.39, 0.29) is 12.2 Å². The van der Waals surface area contributed by atoms with Gasteiger partial charge in [0.25, 0.3) is 0 Å².